The molecule has 0 aliphatic rings. The van der Waals surface area contributed by atoms with Crippen molar-refractivity contribution in [1.82, 2.24) is 0 Å². The molecule has 0 aliphatic carbocycles. The first kappa shape index (κ1) is 12.8. The zero-order valence-electron chi connectivity index (χ0n) is 9.08. The third kappa shape index (κ3) is 6.29. The van der Waals surface area contributed by atoms with Crippen LogP contribution in [0.4, 0.5) is 0 Å². The Balaban J connectivity index is 3.70. The van der Waals surface area contributed by atoms with Gasteiger partial charge in [0.05, 0.1) is 6.26 Å². The predicted octanol–water partition coefficient (Wildman–Crippen LogP) is 2.78. The SMILES string of the molecule is C=C(C)C(=O)OC(C)O/C=C/CCC. The molecule has 3 heteroatoms. The summed E-state index contributed by atoms with van der Waals surface area (Å²) in [7, 11) is 0. The van der Waals surface area contributed by atoms with Crippen LogP contribution in [0.2, 0.25) is 0 Å². The lowest BCUT2D eigenvalue weighted by Gasteiger charge is -2.11. The number of ether oxygens (including phenoxy) is 2. The first-order valence-electron chi connectivity index (χ1n) is 4.74. The fraction of sp³-hybridized carbons (Fsp3) is 0.545. The van der Waals surface area contributed by atoms with Crippen LogP contribution in [-0.2, 0) is 14.3 Å². The minimum atomic E-state index is -0.563. The normalized spacial score (nSPS) is 12.5. The summed E-state index contributed by atoms with van der Waals surface area (Å²) < 4.78 is 9.98. The molecule has 0 spiro atoms. The predicted molar refractivity (Wildman–Crippen MR) is 55.5 cm³/mol. The molecule has 0 aromatic heterocycles. The highest BCUT2D eigenvalue weighted by atomic mass is 16.7. The number of allylic oxidation sites excluding steroid dienone is 1. The van der Waals surface area contributed by atoms with Crippen molar-refractivity contribution in [3.05, 3.63) is 24.5 Å². The van der Waals surface area contributed by atoms with E-state index in [9.17, 15) is 4.79 Å². The average Bonchev–Trinajstić information content (AvgIpc) is 2.12. The first-order chi connectivity index (χ1) is 6.57. The van der Waals surface area contributed by atoms with E-state index < -0.39 is 12.3 Å². The van der Waals surface area contributed by atoms with E-state index in [2.05, 4.69) is 13.5 Å². The lowest BCUT2D eigenvalue weighted by Crippen LogP contribution is -2.16. The van der Waals surface area contributed by atoms with E-state index in [1.165, 1.54) is 0 Å². The standard InChI is InChI=1S/C11H18O3/c1-5-6-7-8-13-10(4)14-11(12)9(2)3/h7-8,10H,2,5-6H2,1,3-4H3/b8-7+. The number of carbonyl (C=O) groups excluding carboxylic acids is 1. The highest BCUT2D eigenvalue weighted by Crippen LogP contribution is 2.00. The van der Waals surface area contributed by atoms with Crippen LogP contribution in [0.15, 0.2) is 24.5 Å². The van der Waals surface area contributed by atoms with E-state index >= 15 is 0 Å². The summed E-state index contributed by atoms with van der Waals surface area (Å²) in [5, 5.41) is 0. The van der Waals surface area contributed by atoms with Gasteiger partial charge in [0.25, 0.3) is 0 Å². The van der Waals surface area contributed by atoms with Crippen LogP contribution in [0.25, 0.3) is 0 Å². The van der Waals surface area contributed by atoms with Gasteiger partial charge in [0.15, 0.2) is 0 Å². The number of hydrogen-bond acceptors (Lipinski definition) is 3. The number of rotatable bonds is 6. The van der Waals surface area contributed by atoms with Crippen LogP contribution in [0.5, 0.6) is 0 Å². The second kappa shape index (κ2) is 7.18. The molecule has 0 rings (SSSR count). The largest absolute Gasteiger partial charge is 0.463 e. The molecule has 0 N–H and O–H groups in total. The monoisotopic (exact) mass is 198 g/mol. The highest BCUT2D eigenvalue weighted by molar-refractivity contribution is 5.86. The molecule has 0 aliphatic heterocycles. The summed E-state index contributed by atoms with van der Waals surface area (Å²) in [6, 6.07) is 0. The molecule has 0 fully saturated rings. The van der Waals surface area contributed by atoms with E-state index in [1.54, 1.807) is 20.1 Å². The number of esters is 1. The average molecular weight is 198 g/mol. The van der Waals surface area contributed by atoms with Crippen LogP contribution in [0.1, 0.15) is 33.6 Å². The van der Waals surface area contributed by atoms with Gasteiger partial charge in [-0.2, -0.15) is 0 Å². The Kier molecular flexibility index (Phi) is 6.54. The molecule has 1 atom stereocenters. The van der Waals surface area contributed by atoms with Crippen molar-refractivity contribution in [2.24, 2.45) is 0 Å². The second-order valence-corrected chi connectivity index (χ2v) is 3.05. The Bertz CT molecular complexity index is 219. The van der Waals surface area contributed by atoms with Crippen molar-refractivity contribution in [1.29, 1.82) is 0 Å². The van der Waals surface area contributed by atoms with Gasteiger partial charge in [-0.3, -0.25) is 0 Å². The third-order valence-corrected chi connectivity index (χ3v) is 1.44. The van der Waals surface area contributed by atoms with Crippen molar-refractivity contribution in [2.75, 3.05) is 0 Å². The Labute approximate surface area is 85.4 Å². The maximum Gasteiger partial charge on any atom is 0.336 e. The molecule has 0 radical (unpaired) electrons. The minimum absolute atomic E-state index is 0.373. The number of hydrogen-bond donors (Lipinski definition) is 0. The maximum absolute atomic E-state index is 11.0. The Hall–Kier alpha value is -1.25. The van der Waals surface area contributed by atoms with Gasteiger partial charge in [0.2, 0.25) is 6.29 Å². The van der Waals surface area contributed by atoms with Crippen molar-refractivity contribution in [3.8, 4) is 0 Å². The maximum atomic E-state index is 11.0. The van der Waals surface area contributed by atoms with Crippen LogP contribution in [-0.4, -0.2) is 12.3 Å². The summed E-state index contributed by atoms with van der Waals surface area (Å²) in [4.78, 5) is 11.0. The molecule has 0 amide bonds. The fourth-order valence-corrected chi connectivity index (χ4v) is 0.680. The number of unbranched alkanes of at least 4 members (excludes halogenated alkanes) is 1. The van der Waals surface area contributed by atoms with E-state index in [4.69, 9.17) is 9.47 Å². The fourth-order valence-electron chi connectivity index (χ4n) is 0.680. The quantitative estimate of drug-likeness (QED) is 0.285. The Morgan fingerprint density at radius 2 is 2.21 bits per heavy atom. The smallest absolute Gasteiger partial charge is 0.336 e. The van der Waals surface area contributed by atoms with Crippen LogP contribution < -0.4 is 0 Å². The lowest BCUT2D eigenvalue weighted by atomic mass is 10.3. The van der Waals surface area contributed by atoms with E-state index in [-0.39, 0.29) is 0 Å². The van der Waals surface area contributed by atoms with Crippen molar-refractivity contribution >= 4 is 5.97 Å². The molecular weight excluding hydrogens is 180 g/mol. The molecule has 80 valence electrons. The van der Waals surface area contributed by atoms with E-state index in [0.29, 0.717) is 5.57 Å². The molecule has 0 aromatic rings. The van der Waals surface area contributed by atoms with Gasteiger partial charge < -0.3 is 9.47 Å². The number of carbonyl (C=O) groups is 1. The molecular formula is C11H18O3. The summed E-state index contributed by atoms with van der Waals surface area (Å²) in [6.45, 7) is 8.81. The molecule has 0 saturated carbocycles. The van der Waals surface area contributed by atoms with E-state index in [1.807, 2.05) is 6.08 Å². The van der Waals surface area contributed by atoms with Gasteiger partial charge in [-0.15, -0.1) is 0 Å². The molecule has 14 heavy (non-hydrogen) atoms. The van der Waals surface area contributed by atoms with Crippen LogP contribution in [0, 0.1) is 0 Å². The summed E-state index contributed by atoms with van der Waals surface area (Å²) in [6.07, 6.45) is 4.92. The van der Waals surface area contributed by atoms with Gasteiger partial charge in [0, 0.05) is 12.5 Å². The van der Waals surface area contributed by atoms with Gasteiger partial charge >= 0.3 is 5.97 Å². The summed E-state index contributed by atoms with van der Waals surface area (Å²) in [5.41, 5.74) is 0.373. The van der Waals surface area contributed by atoms with Gasteiger partial charge in [-0.05, 0) is 19.4 Å². The molecule has 0 heterocycles. The van der Waals surface area contributed by atoms with Crippen LogP contribution in [0.3, 0.4) is 0 Å². The summed E-state index contributed by atoms with van der Waals surface area (Å²) in [5.74, 6) is -0.429. The molecule has 1 unspecified atom stereocenters. The highest BCUT2D eigenvalue weighted by Gasteiger charge is 2.08. The summed E-state index contributed by atoms with van der Waals surface area (Å²) >= 11 is 0. The van der Waals surface area contributed by atoms with Crippen molar-refractivity contribution < 1.29 is 14.3 Å². The molecule has 3 nitrogen and oxygen atoms in total. The van der Waals surface area contributed by atoms with Crippen LogP contribution >= 0.6 is 0 Å². The third-order valence-electron chi connectivity index (χ3n) is 1.44. The first-order valence-corrected chi connectivity index (χ1v) is 4.74. The minimum Gasteiger partial charge on any atom is -0.463 e. The molecule has 0 bridgehead atoms. The van der Waals surface area contributed by atoms with E-state index in [0.717, 1.165) is 12.8 Å². The molecule has 0 aromatic carbocycles. The van der Waals surface area contributed by atoms with Crippen molar-refractivity contribution in [2.45, 2.75) is 39.9 Å². The topological polar surface area (TPSA) is 35.5 Å². The second-order valence-electron chi connectivity index (χ2n) is 3.05. The van der Waals surface area contributed by atoms with Gasteiger partial charge in [0.1, 0.15) is 0 Å². The van der Waals surface area contributed by atoms with Gasteiger partial charge in [-0.1, -0.05) is 19.9 Å². The van der Waals surface area contributed by atoms with Gasteiger partial charge in [-0.25, -0.2) is 4.79 Å². The molecule has 0 saturated heterocycles. The van der Waals surface area contributed by atoms with Crippen molar-refractivity contribution in [3.63, 3.8) is 0 Å². The Morgan fingerprint density at radius 1 is 1.57 bits per heavy atom. The zero-order chi connectivity index (χ0) is 11.0. The lowest BCUT2D eigenvalue weighted by molar-refractivity contribution is -0.160. The zero-order valence-corrected chi connectivity index (χ0v) is 9.08. The Morgan fingerprint density at radius 3 is 2.71 bits per heavy atom.